The Morgan fingerprint density at radius 2 is 0.511 bits per heavy atom. The van der Waals surface area contributed by atoms with E-state index >= 15 is 0 Å². The number of benzene rings is 14. The average molecular weight is 1150 g/mol. The van der Waals surface area contributed by atoms with E-state index < -0.39 is 20.1 Å². The van der Waals surface area contributed by atoms with E-state index in [2.05, 4.69) is 267 Å². The van der Waals surface area contributed by atoms with E-state index in [0.717, 1.165) is 87.9 Å². The lowest BCUT2D eigenvalue weighted by Gasteiger charge is -2.45. The van der Waals surface area contributed by atoms with Gasteiger partial charge in [-0.1, -0.05) is 166 Å². The SMILES string of the molecule is N#Cc1ccc2c(c1)-c1cc(C#N)cc3c1B2c1cc2c(S(c4ccccc4)(c4ccccc4)c4ccccc4)cc4c5c(cc6c(S(c7ccccc7)(c7ccccc7)c7ccccc7)cc-3c1c6c25)B1c2ccc(C#N)cc2-c2cc(C#N)cc-4c21. The van der Waals surface area contributed by atoms with Crippen molar-refractivity contribution in [2.24, 2.45) is 0 Å². The molecular formula is C80H44B2N4S2. The molecule has 0 fully saturated rings. The van der Waals surface area contributed by atoms with Crippen LogP contribution in [0.25, 0.3) is 76.8 Å². The van der Waals surface area contributed by atoms with Gasteiger partial charge in [0.1, 0.15) is 0 Å². The third-order valence-corrected chi connectivity index (χ3v) is 27.2. The average Bonchev–Trinajstić information content (AvgIpc) is 1.33. The summed E-state index contributed by atoms with van der Waals surface area (Å²) in [6, 6.07) is 108. The number of hydrogen-bond acceptors (Lipinski definition) is 4. The lowest BCUT2D eigenvalue weighted by Crippen LogP contribution is -2.53. The van der Waals surface area contributed by atoms with Gasteiger partial charge in [0.05, 0.1) is 46.5 Å². The second kappa shape index (κ2) is 18.7. The smallest absolute Gasteiger partial charge is 0.192 e. The Bertz CT molecular complexity index is 5020. The Labute approximate surface area is 513 Å². The van der Waals surface area contributed by atoms with Crippen LogP contribution in [0, 0.1) is 45.3 Å². The lowest BCUT2D eigenvalue weighted by molar-refractivity contribution is 1.26. The highest BCUT2D eigenvalue weighted by Crippen LogP contribution is 2.77. The second-order valence-electron chi connectivity index (χ2n) is 23.4. The highest BCUT2D eigenvalue weighted by Gasteiger charge is 2.48. The standard InChI is InChI=1S/C80H44B2N4S2/c83-45-49-31-33-69-60(36-49)64-38-52(48-86)40-66-62-44-74(88(56-25-13-4-14-26-56,57-27-15-5-16-28-57)58-29-17-6-18-30-58)68-42-72-75-61(65-39-51(47-85)37-63-59-35-50(46-84)32-34-70(59)82(72)79(63)65)43-73(67-41-71(81(69)80(64)66)76(62)78(68)77(67)75)87(53-19-7-1-8-20-53,54-21-9-2-10-22-54)55-23-11-3-12-24-55/h1-44H. The van der Waals surface area contributed by atoms with Crippen molar-refractivity contribution >= 4 is 98.6 Å². The maximum Gasteiger partial charge on any atom is 0.244 e. The Morgan fingerprint density at radius 3 is 0.795 bits per heavy atom. The molecule has 18 rings (SSSR count). The summed E-state index contributed by atoms with van der Waals surface area (Å²) in [5.41, 5.74) is 17.3. The first-order valence-corrected chi connectivity index (χ1v) is 32.8. The molecule has 0 spiro atoms. The predicted octanol–water partition coefficient (Wildman–Crippen LogP) is 15.7. The van der Waals surface area contributed by atoms with Crippen LogP contribution in [0.2, 0.25) is 0 Å². The van der Waals surface area contributed by atoms with Crippen molar-refractivity contribution < 1.29 is 0 Å². The zero-order valence-electron chi connectivity index (χ0n) is 47.2. The van der Waals surface area contributed by atoms with Gasteiger partial charge in [-0.3, -0.25) is 0 Å². The molecule has 4 heterocycles. The number of rotatable bonds is 8. The van der Waals surface area contributed by atoms with E-state index in [-0.39, 0.29) is 13.4 Å². The first-order chi connectivity index (χ1) is 43.5. The van der Waals surface area contributed by atoms with E-state index in [1.54, 1.807) is 0 Å². The maximum absolute atomic E-state index is 11.2. The van der Waals surface area contributed by atoms with Crippen molar-refractivity contribution in [3.63, 3.8) is 0 Å². The van der Waals surface area contributed by atoms with E-state index in [4.69, 9.17) is 0 Å². The molecular weight excluding hydrogens is 1100 g/mol. The van der Waals surface area contributed by atoms with Crippen molar-refractivity contribution in [2.75, 3.05) is 0 Å². The van der Waals surface area contributed by atoms with Crippen molar-refractivity contribution in [2.45, 2.75) is 39.2 Å². The molecule has 4 aliphatic heterocycles. The van der Waals surface area contributed by atoms with Crippen molar-refractivity contribution in [3.05, 3.63) is 289 Å². The molecule has 0 bridgehead atoms. The van der Waals surface area contributed by atoms with Gasteiger partial charge < -0.3 is 0 Å². The van der Waals surface area contributed by atoms with Gasteiger partial charge in [-0.2, -0.15) is 21.0 Å². The molecule has 0 atom stereocenters. The Morgan fingerprint density at radius 1 is 0.239 bits per heavy atom. The third-order valence-electron chi connectivity index (χ3n) is 19.3. The zero-order chi connectivity index (χ0) is 58.6. The van der Waals surface area contributed by atoms with Gasteiger partial charge in [0, 0.05) is 39.2 Å². The summed E-state index contributed by atoms with van der Waals surface area (Å²) in [6.45, 7) is -0.487. The molecule has 0 saturated carbocycles. The minimum Gasteiger partial charge on any atom is -0.192 e. The zero-order valence-corrected chi connectivity index (χ0v) is 48.8. The minimum atomic E-state index is -2.45. The van der Waals surface area contributed by atoms with Crippen molar-refractivity contribution in [3.8, 4) is 68.8 Å². The van der Waals surface area contributed by atoms with Gasteiger partial charge in [-0.05, 0) is 210 Å². The van der Waals surface area contributed by atoms with Crippen LogP contribution in [-0.2, 0) is 0 Å². The van der Waals surface area contributed by atoms with E-state index in [9.17, 15) is 21.0 Å². The van der Waals surface area contributed by atoms with Crippen LogP contribution >= 0.6 is 20.1 Å². The molecule has 4 nitrogen and oxygen atoms in total. The molecule has 0 unspecified atom stereocenters. The highest BCUT2D eigenvalue weighted by molar-refractivity contribution is 8.34. The van der Waals surface area contributed by atoms with Gasteiger partial charge in [0.2, 0.25) is 13.4 Å². The molecule has 0 radical (unpaired) electrons. The molecule has 14 aromatic rings. The first-order valence-electron chi connectivity index (χ1n) is 29.6. The molecule has 402 valence electrons. The monoisotopic (exact) mass is 1150 g/mol. The van der Waals surface area contributed by atoms with Crippen LogP contribution in [0.1, 0.15) is 22.3 Å². The summed E-state index contributed by atoms with van der Waals surface area (Å²) in [5, 5.41) is 50.5. The summed E-state index contributed by atoms with van der Waals surface area (Å²) < 4.78 is 0. The summed E-state index contributed by atoms with van der Waals surface area (Å²) in [6.07, 6.45) is 0. The quantitative estimate of drug-likeness (QED) is 0.112. The molecule has 14 aromatic carbocycles. The topological polar surface area (TPSA) is 95.2 Å². The number of nitriles is 4. The molecule has 0 aliphatic carbocycles. The number of nitrogens with zero attached hydrogens (tertiary/aromatic N) is 4. The molecule has 8 heteroatoms. The normalized spacial score (nSPS) is 13.0. The first kappa shape index (κ1) is 50.3. The van der Waals surface area contributed by atoms with Crippen LogP contribution < -0.4 is 32.8 Å². The van der Waals surface area contributed by atoms with Crippen LogP contribution in [0.4, 0.5) is 0 Å². The fourth-order valence-corrected chi connectivity index (χ4v) is 24.2. The molecule has 4 aliphatic rings. The van der Waals surface area contributed by atoms with E-state index in [1.807, 2.05) is 24.3 Å². The number of hydrogen-bond donors (Lipinski definition) is 0. The van der Waals surface area contributed by atoms with Gasteiger partial charge >= 0.3 is 0 Å². The fraction of sp³-hybridized carbons (Fsp3) is 0. The Kier molecular flexibility index (Phi) is 10.7. The van der Waals surface area contributed by atoms with Crippen LogP contribution in [0.15, 0.2) is 306 Å². The van der Waals surface area contributed by atoms with Crippen LogP contribution in [0.3, 0.4) is 0 Å². The van der Waals surface area contributed by atoms with E-state index in [0.29, 0.717) is 22.3 Å². The predicted molar refractivity (Wildman–Crippen MR) is 360 cm³/mol. The minimum absolute atomic E-state index is 0.244. The van der Waals surface area contributed by atoms with Gasteiger partial charge in [0.15, 0.2) is 0 Å². The highest BCUT2D eigenvalue weighted by atomic mass is 32.3. The lowest BCUT2D eigenvalue weighted by atomic mass is 9.34. The largest absolute Gasteiger partial charge is 0.244 e. The van der Waals surface area contributed by atoms with E-state index in [1.165, 1.54) is 60.9 Å². The summed E-state index contributed by atoms with van der Waals surface area (Å²) in [7, 11) is -4.90. The van der Waals surface area contributed by atoms with Gasteiger partial charge in [-0.25, -0.2) is 0 Å². The summed E-state index contributed by atoms with van der Waals surface area (Å²) >= 11 is 0. The summed E-state index contributed by atoms with van der Waals surface area (Å²) in [5.74, 6) is 0. The molecule has 0 N–H and O–H groups in total. The second-order valence-corrected chi connectivity index (χ2v) is 29.5. The molecule has 0 saturated heterocycles. The van der Waals surface area contributed by atoms with Gasteiger partial charge in [0.25, 0.3) is 0 Å². The maximum atomic E-state index is 11.2. The fourth-order valence-electron chi connectivity index (χ4n) is 16.0. The molecule has 0 aromatic heterocycles. The summed E-state index contributed by atoms with van der Waals surface area (Å²) in [4.78, 5) is 9.54. The Hall–Kier alpha value is -11.1. The Balaban J connectivity index is 1.16. The molecule has 88 heavy (non-hydrogen) atoms. The van der Waals surface area contributed by atoms with Crippen LogP contribution in [0.5, 0.6) is 0 Å². The van der Waals surface area contributed by atoms with Crippen molar-refractivity contribution in [1.29, 1.82) is 21.0 Å². The molecule has 0 amide bonds. The van der Waals surface area contributed by atoms with Crippen LogP contribution in [-0.4, -0.2) is 13.4 Å². The van der Waals surface area contributed by atoms with Gasteiger partial charge in [-0.15, -0.1) is 20.1 Å². The number of fused-ring (bicyclic) bond motifs is 10. The van der Waals surface area contributed by atoms with Crippen molar-refractivity contribution in [1.82, 2.24) is 0 Å². The third kappa shape index (κ3) is 6.50.